The molecule has 1 aromatic carbocycles. The van der Waals surface area contributed by atoms with Crippen LogP contribution in [0.4, 0.5) is 4.79 Å². The van der Waals surface area contributed by atoms with Gasteiger partial charge in [0, 0.05) is 50.3 Å². The molecule has 7 nitrogen and oxygen atoms in total. The number of methoxy groups -OCH3 is 2. The molecule has 0 aromatic heterocycles. The highest BCUT2D eigenvalue weighted by atomic mass is 16.5. The minimum atomic E-state index is -0.398. The van der Waals surface area contributed by atoms with Gasteiger partial charge in [-0.05, 0) is 63.0 Å². The van der Waals surface area contributed by atoms with Gasteiger partial charge in [0.25, 0.3) is 5.91 Å². The van der Waals surface area contributed by atoms with Crippen LogP contribution >= 0.6 is 0 Å². The third kappa shape index (κ3) is 4.17. The molecule has 3 aliphatic heterocycles. The van der Waals surface area contributed by atoms with Gasteiger partial charge in [0.05, 0.1) is 31.1 Å². The molecule has 2 saturated heterocycles. The highest BCUT2D eigenvalue weighted by molar-refractivity contribution is 5.95. The summed E-state index contributed by atoms with van der Waals surface area (Å²) >= 11 is 0. The lowest BCUT2D eigenvalue weighted by atomic mass is 9.80. The Bertz CT molecular complexity index is 1180. The van der Waals surface area contributed by atoms with Gasteiger partial charge in [0.15, 0.2) is 0 Å². The van der Waals surface area contributed by atoms with Crippen LogP contribution in [0.5, 0.6) is 0 Å². The van der Waals surface area contributed by atoms with Crippen molar-refractivity contribution in [3.8, 4) is 0 Å². The van der Waals surface area contributed by atoms with Crippen molar-refractivity contribution in [1.29, 1.82) is 0 Å². The Hall–Kier alpha value is -3.06. The van der Waals surface area contributed by atoms with Gasteiger partial charge < -0.3 is 19.3 Å². The van der Waals surface area contributed by atoms with Crippen LogP contribution in [0.25, 0.3) is 0 Å². The molecule has 1 aliphatic carbocycles. The first-order valence-corrected chi connectivity index (χ1v) is 13.4. The second-order valence-corrected chi connectivity index (χ2v) is 10.9. The summed E-state index contributed by atoms with van der Waals surface area (Å²) < 4.78 is 11.5. The van der Waals surface area contributed by atoms with E-state index in [0.29, 0.717) is 32.6 Å². The maximum absolute atomic E-state index is 13.8. The lowest BCUT2D eigenvalue weighted by molar-refractivity contribution is 0.0574. The van der Waals surface area contributed by atoms with E-state index >= 15 is 0 Å². The Kier molecular flexibility index (Phi) is 6.69. The fourth-order valence-corrected chi connectivity index (χ4v) is 6.95. The number of benzene rings is 1. The molecule has 2 fully saturated rings. The third-order valence-corrected chi connectivity index (χ3v) is 8.62. The van der Waals surface area contributed by atoms with Crippen molar-refractivity contribution >= 4 is 11.9 Å². The SMILES string of the molecule is CCN1C(=O)N2CC3=C(C(OC)CC(OC)=C3)[C@@H](C)C=C2C12CCN(C(=O)c1cc(C)cc(C)c1)CC2. The summed E-state index contributed by atoms with van der Waals surface area (Å²) in [7, 11) is 3.43. The van der Waals surface area contributed by atoms with Gasteiger partial charge in [-0.25, -0.2) is 4.79 Å². The molecule has 0 radical (unpaired) electrons. The fraction of sp³-hybridized carbons (Fsp3) is 0.533. The lowest BCUT2D eigenvalue weighted by Crippen LogP contribution is -2.54. The number of aryl methyl sites for hydroxylation is 2. The third-order valence-electron chi connectivity index (χ3n) is 8.62. The molecule has 3 amide bonds. The van der Waals surface area contributed by atoms with E-state index in [1.165, 1.54) is 5.57 Å². The molecule has 3 heterocycles. The molecular weight excluding hydrogens is 466 g/mol. The summed E-state index contributed by atoms with van der Waals surface area (Å²) in [6, 6.07) is 6.08. The average molecular weight is 506 g/mol. The second kappa shape index (κ2) is 9.67. The fourth-order valence-electron chi connectivity index (χ4n) is 6.95. The summed E-state index contributed by atoms with van der Waals surface area (Å²) in [5.41, 5.74) is 5.97. The van der Waals surface area contributed by atoms with Crippen LogP contribution < -0.4 is 0 Å². The first kappa shape index (κ1) is 25.6. The monoisotopic (exact) mass is 505 g/mol. The summed E-state index contributed by atoms with van der Waals surface area (Å²) in [6.45, 7) is 10.7. The molecule has 1 aromatic rings. The quantitative estimate of drug-likeness (QED) is 0.589. The maximum Gasteiger partial charge on any atom is 0.325 e. The van der Waals surface area contributed by atoms with Crippen molar-refractivity contribution in [3.05, 3.63) is 69.6 Å². The van der Waals surface area contributed by atoms with Crippen molar-refractivity contribution in [2.45, 2.75) is 58.6 Å². The van der Waals surface area contributed by atoms with E-state index in [9.17, 15) is 9.59 Å². The summed E-state index contributed by atoms with van der Waals surface area (Å²) in [5.74, 6) is 1.09. The van der Waals surface area contributed by atoms with E-state index < -0.39 is 5.54 Å². The number of hydrogen-bond donors (Lipinski definition) is 0. The standard InChI is InChI=1S/C30H39N3O4/c1-7-33-29(35)32-18-23-16-24(36-5)17-25(37-6)27(23)21(4)15-26(32)30(33)8-10-31(11-9-30)28(34)22-13-19(2)12-20(3)14-22/h12-16,21,25H,7-11,17-18H2,1-6H3/t21-,25?/m0/s1. The first-order valence-electron chi connectivity index (χ1n) is 13.4. The van der Waals surface area contributed by atoms with Crippen LogP contribution in [0.15, 0.2) is 53.0 Å². The first-order chi connectivity index (χ1) is 17.7. The van der Waals surface area contributed by atoms with Crippen molar-refractivity contribution in [2.75, 3.05) is 40.4 Å². The van der Waals surface area contributed by atoms with Crippen LogP contribution in [0, 0.1) is 19.8 Å². The molecule has 1 spiro atoms. The average Bonchev–Trinajstić information content (AvgIpc) is 2.99. The number of piperidine rings is 1. The van der Waals surface area contributed by atoms with E-state index in [4.69, 9.17) is 9.47 Å². The molecular formula is C30H39N3O4. The zero-order valence-corrected chi connectivity index (χ0v) is 23.0. The summed E-state index contributed by atoms with van der Waals surface area (Å²) in [4.78, 5) is 33.2. The molecule has 7 heteroatoms. The predicted octanol–water partition coefficient (Wildman–Crippen LogP) is 4.81. The zero-order chi connectivity index (χ0) is 26.5. The van der Waals surface area contributed by atoms with Crippen molar-refractivity contribution in [3.63, 3.8) is 0 Å². The van der Waals surface area contributed by atoms with E-state index in [-0.39, 0.29) is 24.0 Å². The Morgan fingerprint density at radius 2 is 1.78 bits per heavy atom. The number of urea groups is 1. The van der Waals surface area contributed by atoms with Gasteiger partial charge in [-0.3, -0.25) is 9.69 Å². The topological polar surface area (TPSA) is 62.3 Å². The minimum absolute atomic E-state index is 0.0516. The number of carbonyl (C=O) groups excluding carboxylic acids is 2. The smallest absolute Gasteiger partial charge is 0.325 e. The van der Waals surface area contributed by atoms with Crippen LogP contribution in [-0.4, -0.2) is 78.7 Å². The number of hydrogen-bond acceptors (Lipinski definition) is 4. The Morgan fingerprint density at radius 3 is 2.38 bits per heavy atom. The van der Waals surface area contributed by atoms with E-state index in [0.717, 1.165) is 46.6 Å². The number of rotatable bonds is 4. The molecule has 4 aliphatic rings. The number of nitrogens with zero attached hydrogens (tertiary/aromatic N) is 3. The van der Waals surface area contributed by atoms with Crippen LogP contribution in [0.3, 0.4) is 0 Å². The van der Waals surface area contributed by atoms with Gasteiger partial charge in [0.2, 0.25) is 0 Å². The molecule has 0 bridgehead atoms. The Balaban J connectivity index is 1.45. The largest absolute Gasteiger partial charge is 0.501 e. The van der Waals surface area contributed by atoms with Crippen LogP contribution in [-0.2, 0) is 9.47 Å². The van der Waals surface area contributed by atoms with Crippen molar-refractivity contribution in [2.24, 2.45) is 5.92 Å². The number of likely N-dealkylation sites (N-methyl/N-ethyl adjacent to an activating group) is 1. The second-order valence-electron chi connectivity index (χ2n) is 10.9. The summed E-state index contributed by atoms with van der Waals surface area (Å²) in [5, 5.41) is 0. The highest BCUT2D eigenvalue weighted by Crippen LogP contribution is 2.47. The highest BCUT2D eigenvalue weighted by Gasteiger charge is 2.55. The van der Waals surface area contributed by atoms with Crippen LogP contribution in [0.2, 0.25) is 0 Å². The number of carbonyl (C=O) groups is 2. The maximum atomic E-state index is 13.8. The zero-order valence-electron chi connectivity index (χ0n) is 23.0. The Labute approximate surface area is 220 Å². The van der Waals surface area contributed by atoms with Crippen molar-refractivity contribution in [1.82, 2.24) is 14.7 Å². The van der Waals surface area contributed by atoms with Gasteiger partial charge in [-0.15, -0.1) is 0 Å². The molecule has 5 rings (SSSR count). The predicted molar refractivity (Wildman–Crippen MR) is 143 cm³/mol. The van der Waals surface area contributed by atoms with E-state index in [1.54, 1.807) is 14.2 Å². The molecule has 0 saturated carbocycles. The number of allylic oxidation sites excluding steroid dienone is 1. The van der Waals surface area contributed by atoms with Gasteiger partial charge in [0.1, 0.15) is 0 Å². The van der Waals surface area contributed by atoms with Crippen LogP contribution in [0.1, 0.15) is 54.6 Å². The molecule has 198 valence electrons. The van der Waals surface area contributed by atoms with Gasteiger partial charge in [-0.1, -0.05) is 30.2 Å². The number of likely N-dealkylation sites (tertiary alicyclic amines) is 1. The Morgan fingerprint density at radius 1 is 1.11 bits per heavy atom. The number of fused-ring (bicyclic) bond motifs is 2. The van der Waals surface area contributed by atoms with Gasteiger partial charge in [-0.2, -0.15) is 0 Å². The molecule has 1 unspecified atom stereocenters. The summed E-state index contributed by atoms with van der Waals surface area (Å²) in [6.07, 6.45) is 6.49. The number of ether oxygens (including phenoxy) is 2. The molecule has 37 heavy (non-hydrogen) atoms. The van der Waals surface area contributed by atoms with Gasteiger partial charge >= 0.3 is 6.03 Å². The lowest BCUT2D eigenvalue weighted by Gasteiger charge is -2.44. The molecule has 2 atom stereocenters. The number of amides is 3. The van der Waals surface area contributed by atoms with E-state index in [1.807, 2.05) is 40.7 Å². The normalized spacial score (nSPS) is 25.0. The molecule has 0 N–H and O–H groups in total. The van der Waals surface area contributed by atoms with E-state index in [2.05, 4.69) is 32.1 Å². The minimum Gasteiger partial charge on any atom is -0.501 e. The van der Waals surface area contributed by atoms with Crippen molar-refractivity contribution < 1.29 is 19.1 Å².